The maximum absolute atomic E-state index is 12.3. The molecule has 1 aliphatic heterocycles. The summed E-state index contributed by atoms with van der Waals surface area (Å²) in [6, 6.07) is 9.97. The molecule has 0 bridgehead atoms. The molecule has 0 saturated carbocycles. The smallest absolute Gasteiger partial charge is 0.224 e. The molecule has 1 unspecified atom stereocenters. The molecular weight excluding hydrogens is 318 g/mol. The maximum atomic E-state index is 12.3. The van der Waals surface area contributed by atoms with Crippen LogP contribution >= 0.6 is 0 Å². The van der Waals surface area contributed by atoms with E-state index < -0.39 is 0 Å². The van der Waals surface area contributed by atoms with E-state index >= 15 is 0 Å². The SMILES string of the molecule is Cc1noc(C)c1CC(=O)NC1CC(=O)N(CCc2ccccc2)C1. The molecule has 0 spiro atoms. The first-order valence-electron chi connectivity index (χ1n) is 8.55. The van der Waals surface area contributed by atoms with Crippen LogP contribution in [-0.2, 0) is 22.4 Å². The van der Waals surface area contributed by atoms with E-state index in [1.54, 1.807) is 6.92 Å². The lowest BCUT2D eigenvalue weighted by Crippen LogP contribution is -2.38. The number of carbonyl (C=O) groups excluding carboxylic acids is 2. The van der Waals surface area contributed by atoms with Crippen LogP contribution in [0.1, 0.15) is 29.0 Å². The van der Waals surface area contributed by atoms with Gasteiger partial charge in [0.05, 0.1) is 18.2 Å². The third-order valence-electron chi connectivity index (χ3n) is 4.61. The topological polar surface area (TPSA) is 75.4 Å². The van der Waals surface area contributed by atoms with Gasteiger partial charge in [0.2, 0.25) is 11.8 Å². The molecule has 132 valence electrons. The lowest BCUT2D eigenvalue weighted by Gasteiger charge is -2.17. The Bertz CT molecular complexity index is 735. The molecule has 1 aromatic carbocycles. The number of nitrogens with one attached hydrogen (secondary N) is 1. The van der Waals surface area contributed by atoms with Gasteiger partial charge in [0.1, 0.15) is 5.76 Å². The molecule has 25 heavy (non-hydrogen) atoms. The summed E-state index contributed by atoms with van der Waals surface area (Å²) in [5, 5.41) is 6.82. The average molecular weight is 341 g/mol. The normalized spacial score (nSPS) is 17.1. The van der Waals surface area contributed by atoms with Gasteiger partial charge in [-0.15, -0.1) is 0 Å². The van der Waals surface area contributed by atoms with Crippen LogP contribution in [0, 0.1) is 13.8 Å². The highest BCUT2D eigenvalue weighted by Gasteiger charge is 2.30. The first-order chi connectivity index (χ1) is 12.0. The van der Waals surface area contributed by atoms with Gasteiger partial charge in [0, 0.05) is 25.1 Å². The number of carbonyl (C=O) groups is 2. The van der Waals surface area contributed by atoms with Crippen LogP contribution < -0.4 is 5.32 Å². The van der Waals surface area contributed by atoms with Crippen LogP contribution in [0.5, 0.6) is 0 Å². The second-order valence-electron chi connectivity index (χ2n) is 6.52. The van der Waals surface area contributed by atoms with Gasteiger partial charge in [-0.25, -0.2) is 0 Å². The minimum atomic E-state index is -0.128. The fourth-order valence-electron chi connectivity index (χ4n) is 3.19. The van der Waals surface area contributed by atoms with Gasteiger partial charge in [-0.2, -0.15) is 0 Å². The number of amides is 2. The van der Waals surface area contributed by atoms with Gasteiger partial charge < -0.3 is 14.7 Å². The standard InChI is InChI=1S/C19H23N3O3/c1-13-17(14(2)25-21-13)11-18(23)20-16-10-19(24)22(12-16)9-8-15-6-4-3-5-7-15/h3-7,16H,8-12H2,1-2H3,(H,20,23). The summed E-state index contributed by atoms with van der Waals surface area (Å²) in [5.74, 6) is 0.662. The van der Waals surface area contributed by atoms with E-state index in [4.69, 9.17) is 4.52 Å². The number of hydrogen-bond donors (Lipinski definition) is 1. The van der Waals surface area contributed by atoms with Crippen molar-refractivity contribution in [2.24, 2.45) is 0 Å². The minimum Gasteiger partial charge on any atom is -0.361 e. The highest BCUT2D eigenvalue weighted by Crippen LogP contribution is 2.15. The van der Waals surface area contributed by atoms with E-state index in [-0.39, 0.29) is 24.3 Å². The number of hydrogen-bond acceptors (Lipinski definition) is 4. The quantitative estimate of drug-likeness (QED) is 0.869. The van der Waals surface area contributed by atoms with Gasteiger partial charge in [0.25, 0.3) is 0 Å². The Balaban J connectivity index is 1.49. The summed E-state index contributed by atoms with van der Waals surface area (Å²) in [7, 11) is 0. The van der Waals surface area contributed by atoms with Crippen LogP contribution in [0.15, 0.2) is 34.9 Å². The van der Waals surface area contributed by atoms with Crippen LogP contribution in [0.25, 0.3) is 0 Å². The van der Waals surface area contributed by atoms with Gasteiger partial charge in [-0.1, -0.05) is 35.5 Å². The molecule has 0 radical (unpaired) electrons. The summed E-state index contributed by atoms with van der Waals surface area (Å²) in [4.78, 5) is 26.2. The van der Waals surface area contributed by atoms with Gasteiger partial charge >= 0.3 is 0 Å². The fraction of sp³-hybridized carbons (Fsp3) is 0.421. The molecule has 1 aliphatic rings. The molecule has 1 saturated heterocycles. The van der Waals surface area contributed by atoms with E-state index in [0.29, 0.717) is 25.3 Å². The van der Waals surface area contributed by atoms with Crippen molar-refractivity contribution < 1.29 is 14.1 Å². The van der Waals surface area contributed by atoms with Crippen molar-refractivity contribution in [2.45, 2.75) is 39.2 Å². The molecule has 2 aromatic rings. The number of aryl methyl sites for hydroxylation is 2. The number of likely N-dealkylation sites (tertiary alicyclic amines) is 1. The Morgan fingerprint density at radius 2 is 2.08 bits per heavy atom. The van der Waals surface area contributed by atoms with E-state index in [1.807, 2.05) is 30.0 Å². The van der Waals surface area contributed by atoms with Crippen molar-refractivity contribution in [3.63, 3.8) is 0 Å². The van der Waals surface area contributed by atoms with Gasteiger partial charge in [0.15, 0.2) is 0 Å². The van der Waals surface area contributed by atoms with E-state index in [2.05, 4.69) is 22.6 Å². The number of aromatic nitrogens is 1. The number of nitrogens with zero attached hydrogens (tertiary/aromatic N) is 2. The van der Waals surface area contributed by atoms with E-state index in [1.165, 1.54) is 5.56 Å². The average Bonchev–Trinajstić information content (AvgIpc) is 3.10. The molecule has 6 nitrogen and oxygen atoms in total. The van der Waals surface area contributed by atoms with Crippen molar-refractivity contribution in [3.05, 3.63) is 52.9 Å². The number of rotatable bonds is 6. The summed E-state index contributed by atoms with van der Waals surface area (Å²) in [6.45, 7) is 4.87. The third kappa shape index (κ3) is 4.26. The van der Waals surface area contributed by atoms with Crippen LogP contribution in [0.3, 0.4) is 0 Å². The Labute approximate surface area is 147 Å². The summed E-state index contributed by atoms with van der Waals surface area (Å²) < 4.78 is 5.08. The lowest BCUT2D eigenvalue weighted by atomic mass is 10.1. The zero-order valence-corrected chi connectivity index (χ0v) is 14.6. The van der Waals surface area contributed by atoms with Gasteiger partial charge in [-0.05, 0) is 25.8 Å². The van der Waals surface area contributed by atoms with Crippen LogP contribution in [-0.4, -0.2) is 41.0 Å². The van der Waals surface area contributed by atoms with Crippen molar-refractivity contribution in [1.29, 1.82) is 0 Å². The predicted molar refractivity (Wildman–Crippen MR) is 93.0 cm³/mol. The fourth-order valence-corrected chi connectivity index (χ4v) is 3.19. The molecular formula is C19H23N3O3. The highest BCUT2D eigenvalue weighted by atomic mass is 16.5. The first kappa shape index (κ1) is 17.2. The first-order valence-corrected chi connectivity index (χ1v) is 8.55. The molecule has 6 heteroatoms. The predicted octanol–water partition coefficient (Wildman–Crippen LogP) is 1.79. The highest BCUT2D eigenvalue weighted by molar-refractivity contribution is 5.83. The Morgan fingerprint density at radius 3 is 2.76 bits per heavy atom. The molecule has 1 aromatic heterocycles. The van der Waals surface area contributed by atoms with Crippen molar-refractivity contribution in [3.8, 4) is 0 Å². The zero-order chi connectivity index (χ0) is 17.8. The molecule has 1 N–H and O–H groups in total. The zero-order valence-electron chi connectivity index (χ0n) is 14.6. The van der Waals surface area contributed by atoms with Crippen molar-refractivity contribution in [1.82, 2.24) is 15.4 Å². The third-order valence-corrected chi connectivity index (χ3v) is 4.61. The monoisotopic (exact) mass is 341 g/mol. The van der Waals surface area contributed by atoms with Gasteiger partial charge in [-0.3, -0.25) is 9.59 Å². The van der Waals surface area contributed by atoms with E-state index in [0.717, 1.165) is 17.7 Å². The molecule has 3 rings (SSSR count). The molecule has 2 heterocycles. The van der Waals surface area contributed by atoms with E-state index in [9.17, 15) is 9.59 Å². The van der Waals surface area contributed by atoms with Crippen molar-refractivity contribution in [2.75, 3.05) is 13.1 Å². The minimum absolute atomic E-state index is 0.0959. The maximum Gasteiger partial charge on any atom is 0.224 e. The second kappa shape index (κ2) is 7.51. The Kier molecular flexibility index (Phi) is 5.16. The van der Waals surface area contributed by atoms with Crippen LogP contribution in [0.2, 0.25) is 0 Å². The molecule has 1 atom stereocenters. The second-order valence-corrected chi connectivity index (χ2v) is 6.52. The summed E-state index contributed by atoms with van der Waals surface area (Å²) >= 11 is 0. The van der Waals surface area contributed by atoms with Crippen LogP contribution in [0.4, 0.5) is 0 Å². The lowest BCUT2D eigenvalue weighted by molar-refractivity contribution is -0.127. The number of benzene rings is 1. The molecule has 2 amide bonds. The largest absolute Gasteiger partial charge is 0.361 e. The summed E-state index contributed by atoms with van der Waals surface area (Å²) in [5.41, 5.74) is 2.77. The molecule has 0 aliphatic carbocycles. The van der Waals surface area contributed by atoms with Crippen molar-refractivity contribution >= 4 is 11.8 Å². The summed E-state index contributed by atoms with van der Waals surface area (Å²) in [6.07, 6.45) is 1.42. The Morgan fingerprint density at radius 1 is 1.32 bits per heavy atom. The molecule has 1 fully saturated rings. The Hall–Kier alpha value is -2.63.